The predicted molar refractivity (Wildman–Crippen MR) is 69.4 cm³/mol. The second kappa shape index (κ2) is 5.11. The van der Waals surface area contributed by atoms with Crippen molar-refractivity contribution in [1.82, 2.24) is 9.97 Å². The lowest BCUT2D eigenvalue weighted by Gasteiger charge is -2.09. The molecule has 0 saturated heterocycles. The molecule has 0 atom stereocenters. The van der Waals surface area contributed by atoms with Crippen LogP contribution in [0.1, 0.15) is 31.2 Å². The molecule has 106 valence electrons. The summed E-state index contributed by atoms with van der Waals surface area (Å²) in [6, 6.07) is 5.86. The Hall–Kier alpha value is -2.11. The molecule has 20 heavy (non-hydrogen) atoms. The zero-order valence-corrected chi connectivity index (χ0v) is 11.0. The number of H-pyrrole nitrogens is 1. The number of aromatic nitrogens is 2. The summed E-state index contributed by atoms with van der Waals surface area (Å²) in [5.74, 6) is 0.532. The number of hydrogen-bond donors (Lipinski definition) is 1. The van der Waals surface area contributed by atoms with Gasteiger partial charge >= 0.3 is 6.18 Å². The number of aromatic amines is 1. The first-order chi connectivity index (χ1) is 9.27. The highest BCUT2D eigenvalue weighted by atomic mass is 19.4. The van der Waals surface area contributed by atoms with Crippen molar-refractivity contribution in [2.75, 3.05) is 0 Å². The van der Waals surface area contributed by atoms with E-state index in [0.717, 1.165) is 12.1 Å². The minimum absolute atomic E-state index is 0.0251. The van der Waals surface area contributed by atoms with Gasteiger partial charge in [-0.25, -0.2) is 4.98 Å². The molecule has 1 N–H and O–H groups in total. The molecule has 0 amide bonds. The van der Waals surface area contributed by atoms with E-state index in [2.05, 4.69) is 9.97 Å². The van der Waals surface area contributed by atoms with E-state index in [9.17, 15) is 18.0 Å². The molecule has 6 heteroatoms. The quantitative estimate of drug-likeness (QED) is 0.915. The number of nitrogens with zero attached hydrogens (tertiary/aromatic N) is 1. The molecule has 0 fully saturated rings. The first-order valence-electron chi connectivity index (χ1n) is 6.06. The molecule has 0 radical (unpaired) electrons. The molecule has 3 nitrogen and oxygen atoms in total. The maximum atomic E-state index is 12.5. The van der Waals surface area contributed by atoms with E-state index < -0.39 is 11.7 Å². The lowest BCUT2D eigenvalue weighted by atomic mass is 10.1. The maximum absolute atomic E-state index is 12.5. The van der Waals surface area contributed by atoms with E-state index in [1.54, 1.807) is 0 Å². The predicted octanol–water partition coefficient (Wildman–Crippen LogP) is 3.58. The Kier molecular flexibility index (Phi) is 3.65. The summed E-state index contributed by atoms with van der Waals surface area (Å²) in [5.41, 5.74) is -0.203. The van der Waals surface area contributed by atoms with Crippen LogP contribution >= 0.6 is 0 Å². The van der Waals surface area contributed by atoms with Gasteiger partial charge in [0.15, 0.2) is 0 Å². The summed E-state index contributed by atoms with van der Waals surface area (Å²) in [5, 5.41) is 0. The highest BCUT2D eigenvalue weighted by Gasteiger charge is 2.30. The van der Waals surface area contributed by atoms with Crippen LogP contribution in [0.5, 0.6) is 0 Å². The second-order valence-corrected chi connectivity index (χ2v) is 4.75. The van der Waals surface area contributed by atoms with Crippen LogP contribution in [0, 0.1) is 0 Å². The molecule has 0 spiro atoms. The Morgan fingerprint density at radius 1 is 1.15 bits per heavy atom. The summed E-state index contributed by atoms with van der Waals surface area (Å²) in [7, 11) is 0. The summed E-state index contributed by atoms with van der Waals surface area (Å²) in [6.45, 7) is 3.74. The number of rotatable bonds is 2. The van der Waals surface area contributed by atoms with E-state index in [0.29, 0.717) is 17.1 Å². The Bertz CT molecular complexity index is 657. The zero-order chi connectivity index (χ0) is 14.9. The van der Waals surface area contributed by atoms with Gasteiger partial charge in [0.2, 0.25) is 0 Å². The molecule has 0 aliphatic rings. The zero-order valence-electron chi connectivity index (χ0n) is 11.0. The van der Waals surface area contributed by atoms with E-state index in [-0.39, 0.29) is 11.5 Å². The third-order valence-corrected chi connectivity index (χ3v) is 2.81. The minimum Gasteiger partial charge on any atom is -0.310 e. The smallest absolute Gasteiger partial charge is 0.310 e. The molecule has 1 aromatic heterocycles. The van der Waals surface area contributed by atoms with E-state index in [4.69, 9.17) is 0 Å². The van der Waals surface area contributed by atoms with E-state index in [1.807, 2.05) is 13.8 Å². The highest BCUT2D eigenvalue weighted by molar-refractivity contribution is 5.59. The lowest BCUT2D eigenvalue weighted by Crippen LogP contribution is -2.12. The first kappa shape index (κ1) is 14.3. The molecule has 1 heterocycles. The molecular weight excluding hydrogens is 269 g/mol. The lowest BCUT2D eigenvalue weighted by molar-refractivity contribution is -0.137. The fraction of sp³-hybridized carbons (Fsp3) is 0.286. The van der Waals surface area contributed by atoms with Crippen LogP contribution in [0.3, 0.4) is 0 Å². The fourth-order valence-corrected chi connectivity index (χ4v) is 1.73. The number of nitrogens with one attached hydrogen (secondary N) is 1. The van der Waals surface area contributed by atoms with Gasteiger partial charge in [-0.05, 0) is 12.1 Å². The standard InChI is InChI=1S/C14H13F3N2O/c1-8(2)13-18-11(7-12(20)19-13)9-3-5-10(6-4-9)14(15,16)17/h3-8H,1-2H3,(H,18,19,20). The molecule has 0 bridgehead atoms. The topological polar surface area (TPSA) is 45.8 Å². The first-order valence-corrected chi connectivity index (χ1v) is 6.06. The Morgan fingerprint density at radius 2 is 1.75 bits per heavy atom. The molecule has 0 aliphatic carbocycles. The van der Waals surface area contributed by atoms with Crippen molar-refractivity contribution in [2.24, 2.45) is 0 Å². The summed E-state index contributed by atoms with van der Waals surface area (Å²) in [4.78, 5) is 18.4. The Morgan fingerprint density at radius 3 is 2.25 bits per heavy atom. The molecule has 0 unspecified atom stereocenters. The molecular formula is C14H13F3N2O. The number of hydrogen-bond acceptors (Lipinski definition) is 2. The number of halogens is 3. The largest absolute Gasteiger partial charge is 0.416 e. The van der Waals surface area contributed by atoms with Gasteiger partial charge < -0.3 is 4.98 Å². The van der Waals surface area contributed by atoms with Crippen molar-refractivity contribution in [3.05, 3.63) is 52.1 Å². The van der Waals surface area contributed by atoms with Crippen LogP contribution in [-0.4, -0.2) is 9.97 Å². The number of benzene rings is 1. The van der Waals surface area contributed by atoms with E-state index >= 15 is 0 Å². The van der Waals surface area contributed by atoms with Crippen molar-refractivity contribution in [3.8, 4) is 11.3 Å². The van der Waals surface area contributed by atoms with Crippen LogP contribution in [0.2, 0.25) is 0 Å². The van der Waals surface area contributed by atoms with Crippen molar-refractivity contribution in [1.29, 1.82) is 0 Å². The van der Waals surface area contributed by atoms with Gasteiger partial charge in [-0.2, -0.15) is 13.2 Å². The van der Waals surface area contributed by atoms with Gasteiger partial charge in [0.1, 0.15) is 5.82 Å². The van der Waals surface area contributed by atoms with Crippen LogP contribution in [-0.2, 0) is 6.18 Å². The van der Waals surface area contributed by atoms with E-state index in [1.165, 1.54) is 18.2 Å². The van der Waals surface area contributed by atoms with Gasteiger partial charge in [-0.15, -0.1) is 0 Å². The minimum atomic E-state index is -4.37. The highest BCUT2D eigenvalue weighted by Crippen LogP contribution is 2.30. The number of alkyl halides is 3. The van der Waals surface area contributed by atoms with Gasteiger partial charge in [0, 0.05) is 17.5 Å². The summed E-state index contributed by atoms with van der Waals surface area (Å²) < 4.78 is 37.5. The fourth-order valence-electron chi connectivity index (χ4n) is 1.73. The van der Waals surface area contributed by atoms with Gasteiger partial charge in [0.05, 0.1) is 11.3 Å². The van der Waals surface area contributed by atoms with Crippen LogP contribution < -0.4 is 5.56 Å². The van der Waals surface area contributed by atoms with Gasteiger partial charge in [0.25, 0.3) is 5.56 Å². The monoisotopic (exact) mass is 282 g/mol. The average Bonchev–Trinajstić information content (AvgIpc) is 2.37. The van der Waals surface area contributed by atoms with Crippen molar-refractivity contribution < 1.29 is 13.2 Å². The third-order valence-electron chi connectivity index (χ3n) is 2.81. The molecule has 2 rings (SSSR count). The Labute approximate surface area is 113 Å². The second-order valence-electron chi connectivity index (χ2n) is 4.75. The van der Waals surface area contributed by atoms with Crippen LogP contribution in [0.15, 0.2) is 35.1 Å². The normalized spacial score (nSPS) is 11.9. The third kappa shape index (κ3) is 3.07. The van der Waals surface area contributed by atoms with Gasteiger partial charge in [-0.3, -0.25) is 4.79 Å². The van der Waals surface area contributed by atoms with Crippen LogP contribution in [0.4, 0.5) is 13.2 Å². The van der Waals surface area contributed by atoms with Crippen LogP contribution in [0.25, 0.3) is 11.3 Å². The average molecular weight is 282 g/mol. The SMILES string of the molecule is CC(C)c1nc(-c2ccc(C(F)(F)F)cc2)cc(=O)[nH]1. The summed E-state index contributed by atoms with van der Waals surface area (Å²) >= 11 is 0. The molecule has 1 aromatic carbocycles. The summed E-state index contributed by atoms with van der Waals surface area (Å²) in [6.07, 6.45) is -4.37. The van der Waals surface area contributed by atoms with Gasteiger partial charge in [-0.1, -0.05) is 26.0 Å². The maximum Gasteiger partial charge on any atom is 0.416 e. The van der Waals surface area contributed by atoms with Crippen molar-refractivity contribution >= 4 is 0 Å². The van der Waals surface area contributed by atoms with Crippen molar-refractivity contribution in [3.63, 3.8) is 0 Å². The van der Waals surface area contributed by atoms with Crippen molar-refractivity contribution in [2.45, 2.75) is 25.9 Å². The molecule has 2 aromatic rings. The molecule has 0 aliphatic heterocycles. The Balaban J connectivity index is 2.44. The molecule has 0 saturated carbocycles.